The van der Waals surface area contributed by atoms with E-state index in [2.05, 4.69) is 27.9 Å². The third-order valence-electron chi connectivity index (χ3n) is 6.24. The summed E-state index contributed by atoms with van der Waals surface area (Å²) >= 11 is 0. The summed E-state index contributed by atoms with van der Waals surface area (Å²) in [7, 11) is 1.62. The third kappa shape index (κ3) is 5.03. The molecule has 9 heteroatoms. The van der Waals surface area contributed by atoms with E-state index in [1.807, 2.05) is 36.4 Å². The number of carbonyl (C=O) groups is 3. The molecule has 0 saturated carbocycles. The van der Waals surface area contributed by atoms with Crippen molar-refractivity contribution in [1.29, 1.82) is 0 Å². The number of aromatic nitrogens is 2. The minimum atomic E-state index is -0.983. The Morgan fingerprint density at radius 2 is 1.66 bits per heavy atom. The molecular formula is C26H28N4O5. The Morgan fingerprint density at radius 3 is 2.23 bits per heavy atom. The molecule has 1 unspecified atom stereocenters. The van der Waals surface area contributed by atoms with Gasteiger partial charge in [0, 0.05) is 25.7 Å². The van der Waals surface area contributed by atoms with Gasteiger partial charge in [0.25, 0.3) is 5.91 Å². The number of carboxylic acids is 1. The number of amides is 2. The number of ether oxygens (including phenoxy) is 1. The van der Waals surface area contributed by atoms with Crippen LogP contribution in [-0.2, 0) is 16.6 Å². The summed E-state index contributed by atoms with van der Waals surface area (Å²) < 4.78 is 6.93. The summed E-state index contributed by atoms with van der Waals surface area (Å²) in [6, 6.07) is 16.1. The number of nitrogens with zero attached hydrogens (tertiary/aromatic N) is 2. The second-order valence-corrected chi connectivity index (χ2v) is 8.91. The van der Waals surface area contributed by atoms with Crippen molar-refractivity contribution in [3.63, 3.8) is 0 Å². The Bertz CT molecular complexity index is 1220. The molecule has 1 atom stereocenters. The summed E-state index contributed by atoms with van der Waals surface area (Å²) in [6.45, 7) is 3.65. The van der Waals surface area contributed by atoms with Crippen molar-refractivity contribution in [2.45, 2.75) is 19.8 Å². The van der Waals surface area contributed by atoms with Gasteiger partial charge in [0.15, 0.2) is 5.82 Å². The fourth-order valence-electron chi connectivity index (χ4n) is 4.38. The van der Waals surface area contributed by atoms with Gasteiger partial charge in [0.1, 0.15) is 12.2 Å². The van der Waals surface area contributed by atoms with Crippen molar-refractivity contribution in [2.75, 3.05) is 18.5 Å². The molecule has 0 aliphatic heterocycles. The van der Waals surface area contributed by atoms with Crippen LogP contribution in [0.3, 0.4) is 0 Å². The average Bonchev–Trinajstić information content (AvgIpc) is 3.34. The first-order chi connectivity index (χ1) is 16.8. The number of benzene rings is 2. The summed E-state index contributed by atoms with van der Waals surface area (Å²) in [5.74, 6) is -2.45. The fourth-order valence-corrected chi connectivity index (χ4v) is 4.38. The maximum absolute atomic E-state index is 12.7. The molecule has 4 rings (SSSR count). The van der Waals surface area contributed by atoms with Crippen LogP contribution < -0.4 is 10.6 Å². The van der Waals surface area contributed by atoms with Gasteiger partial charge in [0.05, 0.1) is 5.92 Å². The van der Waals surface area contributed by atoms with E-state index in [9.17, 15) is 19.5 Å². The van der Waals surface area contributed by atoms with Gasteiger partial charge in [0.2, 0.25) is 0 Å². The molecule has 1 aromatic heterocycles. The molecule has 0 bridgehead atoms. The van der Waals surface area contributed by atoms with Crippen LogP contribution in [0.15, 0.2) is 54.7 Å². The number of hydrogen-bond acceptors (Lipinski definition) is 5. The van der Waals surface area contributed by atoms with Gasteiger partial charge in [-0.2, -0.15) is 5.10 Å². The molecular weight excluding hydrogens is 448 g/mol. The second kappa shape index (κ2) is 10.0. The number of aliphatic carboxylic acids is 1. The summed E-state index contributed by atoms with van der Waals surface area (Å²) in [6.07, 6.45) is 0.727. The Kier molecular flexibility index (Phi) is 6.86. The number of fused-ring (bicyclic) bond motifs is 3. The Hall–Kier alpha value is -4.14. The van der Waals surface area contributed by atoms with Crippen LogP contribution in [0.2, 0.25) is 0 Å². The molecule has 9 nitrogen and oxygen atoms in total. The lowest BCUT2D eigenvalue weighted by Gasteiger charge is -2.16. The minimum Gasteiger partial charge on any atom is -0.481 e. The highest BCUT2D eigenvalue weighted by Gasteiger charge is 2.29. The Balaban J connectivity index is 1.42. The van der Waals surface area contributed by atoms with Gasteiger partial charge in [-0.15, -0.1) is 0 Å². The van der Waals surface area contributed by atoms with Gasteiger partial charge in [-0.25, -0.2) is 4.79 Å². The highest BCUT2D eigenvalue weighted by atomic mass is 16.5. The number of carboxylic acid groups (broad SMARTS) is 1. The van der Waals surface area contributed by atoms with Gasteiger partial charge in [-0.05, 0) is 28.2 Å². The summed E-state index contributed by atoms with van der Waals surface area (Å²) in [4.78, 5) is 36.7. The SMILES string of the molecule is CC(C)C(CNC(=O)c1cn(C)nc1NC(=O)OCC1c2ccccc2-c2ccccc21)C(=O)O. The maximum atomic E-state index is 12.7. The third-order valence-corrected chi connectivity index (χ3v) is 6.24. The van der Waals surface area contributed by atoms with E-state index in [0.29, 0.717) is 0 Å². The monoisotopic (exact) mass is 476 g/mol. The fraction of sp³-hybridized carbons (Fsp3) is 0.308. The van der Waals surface area contributed by atoms with Crippen molar-refractivity contribution in [1.82, 2.24) is 15.1 Å². The lowest BCUT2D eigenvalue weighted by Crippen LogP contribution is -2.35. The largest absolute Gasteiger partial charge is 0.481 e. The predicted molar refractivity (Wildman–Crippen MR) is 130 cm³/mol. The summed E-state index contributed by atoms with van der Waals surface area (Å²) in [5, 5.41) is 18.7. The zero-order valence-electron chi connectivity index (χ0n) is 19.8. The van der Waals surface area contributed by atoms with Crippen molar-refractivity contribution in [3.05, 3.63) is 71.4 Å². The Labute approximate surface area is 203 Å². The average molecular weight is 477 g/mol. The quantitative estimate of drug-likeness (QED) is 0.454. The summed E-state index contributed by atoms with van der Waals surface area (Å²) in [5.41, 5.74) is 4.56. The van der Waals surface area contributed by atoms with E-state index >= 15 is 0 Å². The van der Waals surface area contributed by atoms with Gasteiger partial charge >= 0.3 is 12.1 Å². The first kappa shape index (κ1) is 24.0. The van der Waals surface area contributed by atoms with Crippen molar-refractivity contribution in [2.24, 2.45) is 18.9 Å². The molecule has 182 valence electrons. The number of nitrogens with one attached hydrogen (secondary N) is 2. The molecule has 3 N–H and O–H groups in total. The molecule has 2 amide bonds. The van der Waals surface area contributed by atoms with Crippen LogP contribution in [0.25, 0.3) is 11.1 Å². The molecule has 1 heterocycles. The van der Waals surface area contributed by atoms with E-state index < -0.39 is 23.9 Å². The zero-order chi connectivity index (χ0) is 25.1. The van der Waals surface area contributed by atoms with Crippen molar-refractivity contribution < 1.29 is 24.2 Å². The highest BCUT2D eigenvalue weighted by molar-refractivity contribution is 6.01. The topological polar surface area (TPSA) is 123 Å². The van der Waals surface area contributed by atoms with Crippen LogP contribution in [0, 0.1) is 11.8 Å². The first-order valence-electron chi connectivity index (χ1n) is 11.4. The van der Waals surface area contributed by atoms with E-state index in [-0.39, 0.29) is 36.4 Å². The number of rotatable bonds is 8. The molecule has 1 aliphatic rings. The molecule has 0 saturated heterocycles. The smallest absolute Gasteiger partial charge is 0.412 e. The molecule has 0 radical (unpaired) electrons. The second-order valence-electron chi connectivity index (χ2n) is 8.91. The van der Waals surface area contributed by atoms with Gasteiger partial charge in [-0.3, -0.25) is 19.6 Å². The molecule has 0 spiro atoms. The molecule has 3 aromatic rings. The molecule has 0 fully saturated rings. The molecule has 2 aromatic carbocycles. The minimum absolute atomic E-state index is 0.0366. The van der Waals surface area contributed by atoms with E-state index in [1.54, 1.807) is 20.9 Å². The maximum Gasteiger partial charge on any atom is 0.412 e. The number of carbonyl (C=O) groups excluding carboxylic acids is 2. The standard InChI is InChI=1S/C26H28N4O5/c1-15(2)20(25(32)33)12-27-24(31)21-13-30(3)29-23(21)28-26(34)35-14-22-18-10-6-4-8-16(18)17-9-5-7-11-19(17)22/h4-11,13,15,20,22H,12,14H2,1-3H3,(H,27,31)(H,32,33)(H,28,29,34). The zero-order valence-corrected chi connectivity index (χ0v) is 19.8. The lowest BCUT2D eigenvalue weighted by atomic mass is 9.96. The van der Waals surface area contributed by atoms with Crippen molar-refractivity contribution >= 4 is 23.8 Å². The van der Waals surface area contributed by atoms with E-state index in [1.165, 1.54) is 10.9 Å². The molecule has 1 aliphatic carbocycles. The number of anilines is 1. The lowest BCUT2D eigenvalue weighted by molar-refractivity contribution is -0.142. The van der Waals surface area contributed by atoms with Crippen LogP contribution in [0.1, 0.15) is 41.3 Å². The van der Waals surface area contributed by atoms with Crippen LogP contribution in [-0.4, -0.2) is 46.0 Å². The Morgan fingerprint density at radius 1 is 1.06 bits per heavy atom. The number of aryl methyl sites for hydroxylation is 1. The van der Waals surface area contributed by atoms with Crippen molar-refractivity contribution in [3.8, 4) is 11.1 Å². The van der Waals surface area contributed by atoms with Gasteiger partial charge in [-0.1, -0.05) is 62.4 Å². The van der Waals surface area contributed by atoms with Gasteiger partial charge < -0.3 is 15.2 Å². The van der Waals surface area contributed by atoms with Crippen LogP contribution in [0.4, 0.5) is 10.6 Å². The van der Waals surface area contributed by atoms with Crippen LogP contribution >= 0.6 is 0 Å². The normalized spacial score (nSPS) is 13.1. The van der Waals surface area contributed by atoms with E-state index in [0.717, 1.165) is 22.3 Å². The predicted octanol–water partition coefficient (Wildman–Crippen LogP) is 3.87. The van der Waals surface area contributed by atoms with Crippen LogP contribution in [0.5, 0.6) is 0 Å². The first-order valence-corrected chi connectivity index (χ1v) is 11.4. The van der Waals surface area contributed by atoms with E-state index in [4.69, 9.17) is 4.74 Å². The number of hydrogen-bond donors (Lipinski definition) is 3. The molecule has 35 heavy (non-hydrogen) atoms. The highest BCUT2D eigenvalue weighted by Crippen LogP contribution is 2.44.